The van der Waals surface area contributed by atoms with Gasteiger partial charge in [0, 0.05) is 22.4 Å². The fourth-order valence-corrected chi connectivity index (χ4v) is 4.53. The Bertz CT molecular complexity index is 1200. The maximum Gasteiger partial charge on any atom is 0.344 e. The highest BCUT2D eigenvalue weighted by atomic mass is 35.5. The van der Waals surface area contributed by atoms with Crippen molar-refractivity contribution >= 4 is 74.7 Å². The molecule has 0 saturated heterocycles. The number of aliphatic imine (C=N–C) groups is 1. The average Bonchev–Trinajstić information content (AvgIpc) is 3.26. The Balaban J connectivity index is 1.78. The van der Waals surface area contributed by atoms with Crippen LogP contribution in [0.25, 0.3) is 11.6 Å². The van der Waals surface area contributed by atoms with Gasteiger partial charge in [-0.3, -0.25) is 4.99 Å². The van der Waals surface area contributed by atoms with Gasteiger partial charge in [0.1, 0.15) is 16.3 Å². The number of allylic oxidation sites excluding steroid dienone is 1. The van der Waals surface area contributed by atoms with Gasteiger partial charge in [-0.15, -0.1) is 11.3 Å². The molecule has 5 nitrogen and oxygen atoms in total. The zero-order chi connectivity index (χ0) is 21.3. The molecule has 3 aromatic rings. The average molecular weight is 459 g/mol. The first kappa shape index (κ1) is 20.5. The van der Waals surface area contributed by atoms with Crippen LogP contribution in [0.5, 0.6) is 5.75 Å². The van der Waals surface area contributed by atoms with Gasteiger partial charge in [-0.05, 0) is 37.3 Å². The molecule has 152 valence electrons. The van der Waals surface area contributed by atoms with Crippen molar-refractivity contribution in [2.75, 3.05) is 11.9 Å². The van der Waals surface area contributed by atoms with E-state index in [1.165, 1.54) is 11.3 Å². The lowest BCUT2D eigenvalue weighted by atomic mass is 10.1. The third kappa shape index (κ3) is 3.94. The summed E-state index contributed by atoms with van der Waals surface area (Å²) < 4.78 is 5.14. The van der Waals surface area contributed by atoms with E-state index in [9.17, 15) is 9.90 Å². The van der Waals surface area contributed by atoms with Crippen molar-refractivity contribution < 1.29 is 14.6 Å². The van der Waals surface area contributed by atoms with E-state index in [0.717, 1.165) is 16.8 Å². The molecule has 0 unspecified atom stereocenters. The third-order valence-corrected chi connectivity index (χ3v) is 6.00. The van der Waals surface area contributed by atoms with Gasteiger partial charge in [-0.1, -0.05) is 41.4 Å². The van der Waals surface area contributed by atoms with Crippen molar-refractivity contribution in [3.63, 3.8) is 0 Å². The van der Waals surface area contributed by atoms with Gasteiger partial charge in [0.05, 0.1) is 27.9 Å². The van der Waals surface area contributed by atoms with Crippen LogP contribution in [0.1, 0.15) is 27.7 Å². The van der Waals surface area contributed by atoms with Gasteiger partial charge in [-0.25, -0.2) is 4.79 Å². The van der Waals surface area contributed by atoms with E-state index in [1.54, 1.807) is 37.4 Å². The Morgan fingerprint density at radius 3 is 2.83 bits per heavy atom. The largest absolute Gasteiger partial charge is 0.505 e. The van der Waals surface area contributed by atoms with Gasteiger partial charge in [0.2, 0.25) is 0 Å². The minimum atomic E-state index is -0.621. The fraction of sp³-hybridized carbons (Fsp3) is 0.0909. The number of carbonyl (C=O) groups is 1. The number of ether oxygens (including phenoxy) is 1. The smallest absolute Gasteiger partial charge is 0.344 e. The van der Waals surface area contributed by atoms with Crippen molar-refractivity contribution in [1.29, 1.82) is 0 Å². The lowest BCUT2D eigenvalue weighted by Crippen LogP contribution is -2.06. The van der Waals surface area contributed by atoms with Crippen molar-refractivity contribution in [1.82, 2.24) is 0 Å². The molecule has 0 fully saturated rings. The summed E-state index contributed by atoms with van der Waals surface area (Å²) in [6.45, 7) is 1.89. The number of thiophene rings is 1. The van der Waals surface area contributed by atoms with Crippen molar-refractivity contribution in [2.24, 2.45) is 4.99 Å². The Morgan fingerprint density at radius 2 is 2.07 bits per heavy atom. The van der Waals surface area contributed by atoms with E-state index in [2.05, 4.69) is 10.3 Å². The monoisotopic (exact) mass is 458 g/mol. The minimum absolute atomic E-state index is 0.0583. The molecule has 0 spiro atoms. The molecule has 1 aromatic heterocycles. The number of carbonyl (C=O) groups excluding carboxylic acids is 1. The lowest BCUT2D eigenvalue weighted by molar-refractivity contribution is 0.0525. The maximum atomic E-state index is 12.5. The quantitative estimate of drug-likeness (QED) is 0.406. The molecule has 2 heterocycles. The lowest BCUT2D eigenvalue weighted by Gasteiger charge is -2.09. The number of halogens is 2. The molecule has 1 aliphatic heterocycles. The van der Waals surface area contributed by atoms with Gasteiger partial charge >= 0.3 is 5.97 Å². The van der Waals surface area contributed by atoms with E-state index >= 15 is 0 Å². The second kappa shape index (κ2) is 8.52. The number of aromatic hydroxyl groups is 1. The number of rotatable bonds is 5. The van der Waals surface area contributed by atoms with Crippen LogP contribution in [0, 0.1) is 0 Å². The third-order valence-electron chi connectivity index (χ3n) is 4.41. The first-order valence-electron chi connectivity index (χ1n) is 9.08. The Hall–Kier alpha value is -2.80. The van der Waals surface area contributed by atoms with Crippen LogP contribution in [0.3, 0.4) is 0 Å². The summed E-state index contributed by atoms with van der Waals surface area (Å²) >= 11 is 13.4. The molecule has 0 radical (unpaired) electrons. The first-order valence-corrected chi connectivity index (χ1v) is 10.6. The zero-order valence-electron chi connectivity index (χ0n) is 15.8. The predicted octanol–water partition coefficient (Wildman–Crippen LogP) is 6.94. The fourth-order valence-electron chi connectivity index (χ4n) is 3.03. The summed E-state index contributed by atoms with van der Waals surface area (Å²) in [4.78, 5) is 17.4. The molecule has 0 saturated carbocycles. The summed E-state index contributed by atoms with van der Waals surface area (Å²) in [7, 11) is 0. The minimum Gasteiger partial charge on any atom is -0.505 e. The standard InChI is InChI=1S/C22H16Cl2N2O3S/c1-2-29-22(28)19-20(27)18(9-12-11-25-16-6-4-3-5-14(12)16)30-21(19)26-17-8-7-13(23)10-15(17)24/h3-11,26-27H,2H2,1H3/b12-9+. The van der Waals surface area contributed by atoms with E-state index in [-0.39, 0.29) is 17.9 Å². The summed E-state index contributed by atoms with van der Waals surface area (Å²) in [5, 5.41) is 15.3. The maximum absolute atomic E-state index is 12.5. The van der Waals surface area contributed by atoms with Crippen LogP contribution in [0.4, 0.5) is 16.4 Å². The second-order valence-electron chi connectivity index (χ2n) is 6.36. The molecule has 0 atom stereocenters. The second-order valence-corrected chi connectivity index (χ2v) is 8.26. The molecule has 4 rings (SSSR count). The van der Waals surface area contributed by atoms with Crippen molar-refractivity contribution in [3.05, 3.63) is 68.5 Å². The molecule has 0 bridgehead atoms. The highest BCUT2D eigenvalue weighted by Crippen LogP contribution is 2.44. The Morgan fingerprint density at radius 1 is 1.27 bits per heavy atom. The number of hydrogen-bond acceptors (Lipinski definition) is 6. The van der Waals surface area contributed by atoms with Crippen molar-refractivity contribution in [3.8, 4) is 5.75 Å². The van der Waals surface area contributed by atoms with Crippen LogP contribution in [-0.2, 0) is 4.74 Å². The van der Waals surface area contributed by atoms with Crippen molar-refractivity contribution in [2.45, 2.75) is 6.92 Å². The Labute approximate surface area is 187 Å². The summed E-state index contributed by atoms with van der Waals surface area (Å²) in [6, 6.07) is 12.7. The predicted molar refractivity (Wildman–Crippen MR) is 124 cm³/mol. The number of anilines is 2. The normalized spacial score (nSPS) is 13.5. The SMILES string of the molecule is CCOC(=O)c1c(Nc2ccc(Cl)cc2Cl)sc(/C=C2\C=Nc3ccccc32)c1O. The number of hydrogen-bond donors (Lipinski definition) is 2. The molecule has 8 heteroatoms. The highest BCUT2D eigenvalue weighted by molar-refractivity contribution is 7.18. The molecule has 0 aliphatic carbocycles. The van der Waals surface area contributed by atoms with Crippen LogP contribution < -0.4 is 5.32 Å². The zero-order valence-corrected chi connectivity index (χ0v) is 18.1. The Kier molecular flexibility index (Phi) is 5.81. The number of nitrogens with one attached hydrogen (secondary N) is 1. The number of para-hydroxylation sites is 1. The van der Waals surface area contributed by atoms with E-state index < -0.39 is 5.97 Å². The topological polar surface area (TPSA) is 70.9 Å². The van der Waals surface area contributed by atoms with E-state index in [4.69, 9.17) is 27.9 Å². The van der Waals surface area contributed by atoms with Crippen LogP contribution in [-0.4, -0.2) is 23.9 Å². The molecule has 1 aliphatic rings. The molecular weight excluding hydrogens is 443 g/mol. The molecule has 30 heavy (non-hydrogen) atoms. The number of benzene rings is 2. The van der Waals surface area contributed by atoms with Crippen LogP contribution >= 0.6 is 34.5 Å². The van der Waals surface area contributed by atoms with Gasteiger partial charge in [0.25, 0.3) is 0 Å². The first-order chi connectivity index (χ1) is 14.5. The summed E-state index contributed by atoms with van der Waals surface area (Å²) in [5.74, 6) is -0.778. The van der Waals surface area contributed by atoms with Gasteiger partial charge < -0.3 is 15.2 Å². The molecule has 2 aromatic carbocycles. The molecule has 2 N–H and O–H groups in total. The van der Waals surface area contributed by atoms with Gasteiger partial charge in [-0.2, -0.15) is 0 Å². The molecular formula is C22H16Cl2N2O3S. The van der Waals surface area contributed by atoms with E-state index in [1.807, 2.05) is 24.3 Å². The summed E-state index contributed by atoms with van der Waals surface area (Å²) in [5.41, 5.74) is 3.27. The number of nitrogens with zero attached hydrogens (tertiary/aromatic N) is 1. The number of fused-ring (bicyclic) bond motifs is 1. The highest BCUT2D eigenvalue weighted by Gasteiger charge is 2.25. The van der Waals surface area contributed by atoms with E-state index in [0.29, 0.717) is 25.6 Å². The van der Waals surface area contributed by atoms with Crippen LogP contribution in [0.15, 0.2) is 47.5 Å². The van der Waals surface area contributed by atoms with Crippen LogP contribution in [0.2, 0.25) is 10.0 Å². The number of esters is 1. The van der Waals surface area contributed by atoms with Gasteiger partial charge in [0.15, 0.2) is 0 Å². The summed E-state index contributed by atoms with van der Waals surface area (Å²) in [6.07, 6.45) is 3.53. The molecule has 0 amide bonds.